The predicted molar refractivity (Wildman–Crippen MR) is 55.3 cm³/mol. The van der Waals surface area contributed by atoms with Crippen LogP contribution in [0.3, 0.4) is 0 Å². The predicted octanol–water partition coefficient (Wildman–Crippen LogP) is -0.192. The zero-order valence-corrected chi connectivity index (χ0v) is 9.04. The Balaban J connectivity index is 2.00. The highest BCUT2D eigenvalue weighted by Gasteiger charge is 2.29. The molecular weight excluding hydrogens is 196 g/mol. The first-order valence-corrected chi connectivity index (χ1v) is 5.39. The molecule has 1 aliphatic rings. The Morgan fingerprint density at radius 3 is 2.87 bits per heavy atom. The SMILES string of the molecule is CCCCOCCNC1CC(=O)NC1=O. The van der Waals surface area contributed by atoms with Crippen LogP contribution in [0.2, 0.25) is 0 Å². The minimum atomic E-state index is -0.368. The summed E-state index contributed by atoms with van der Waals surface area (Å²) in [4.78, 5) is 22.0. The number of ether oxygens (including phenoxy) is 1. The number of hydrogen-bond donors (Lipinski definition) is 2. The Bertz CT molecular complexity index is 231. The maximum absolute atomic E-state index is 11.1. The van der Waals surface area contributed by atoms with Gasteiger partial charge in [0.25, 0.3) is 0 Å². The number of imide groups is 1. The van der Waals surface area contributed by atoms with Gasteiger partial charge in [-0.15, -0.1) is 0 Å². The molecule has 5 heteroatoms. The quantitative estimate of drug-likeness (QED) is 0.455. The van der Waals surface area contributed by atoms with E-state index in [4.69, 9.17) is 4.74 Å². The fourth-order valence-corrected chi connectivity index (χ4v) is 1.37. The molecule has 1 unspecified atom stereocenters. The second-order valence-electron chi connectivity index (χ2n) is 3.59. The molecule has 0 radical (unpaired) electrons. The van der Waals surface area contributed by atoms with Crippen molar-refractivity contribution in [2.45, 2.75) is 32.2 Å². The maximum Gasteiger partial charge on any atom is 0.244 e. The molecule has 15 heavy (non-hydrogen) atoms. The van der Waals surface area contributed by atoms with E-state index in [2.05, 4.69) is 17.6 Å². The summed E-state index contributed by atoms with van der Waals surface area (Å²) in [6.45, 7) is 4.05. The van der Waals surface area contributed by atoms with E-state index in [1.165, 1.54) is 0 Å². The Labute approximate surface area is 89.6 Å². The van der Waals surface area contributed by atoms with Crippen molar-refractivity contribution in [1.82, 2.24) is 10.6 Å². The fourth-order valence-electron chi connectivity index (χ4n) is 1.37. The molecule has 0 aliphatic carbocycles. The van der Waals surface area contributed by atoms with Crippen LogP contribution in [0.5, 0.6) is 0 Å². The van der Waals surface area contributed by atoms with Crippen LogP contribution in [0.1, 0.15) is 26.2 Å². The van der Waals surface area contributed by atoms with Crippen LogP contribution in [-0.4, -0.2) is 37.6 Å². The minimum absolute atomic E-state index is 0.204. The standard InChI is InChI=1S/C10H18N2O3/c1-2-3-5-15-6-4-11-8-7-9(13)12-10(8)14/h8,11H,2-7H2,1H3,(H,12,13,14). The number of amides is 2. The van der Waals surface area contributed by atoms with Gasteiger partial charge in [-0.2, -0.15) is 0 Å². The highest BCUT2D eigenvalue weighted by molar-refractivity contribution is 6.05. The smallest absolute Gasteiger partial charge is 0.244 e. The van der Waals surface area contributed by atoms with Gasteiger partial charge in [0.15, 0.2) is 0 Å². The number of carbonyl (C=O) groups is 2. The molecule has 1 saturated heterocycles. The monoisotopic (exact) mass is 214 g/mol. The van der Waals surface area contributed by atoms with Gasteiger partial charge >= 0.3 is 0 Å². The molecule has 0 aromatic rings. The van der Waals surface area contributed by atoms with Crippen molar-refractivity contribution < 1.29 is 14.3 Å². The van der Waals surface area contributed by atoms with Crippen molar-refractivity contribution in [2.75, 3.05) is 19.8 Å². The topological polar surface area (TPSA) is 67.4 Å². The molecule has 2 amide bonds. The van der Waals surface area contributed by atoms with Crippen molar-refractivity contribution >= 4 is 11.8 Å². The summed E-state index contributed by atoms with van der Waals surface area (Å²) in [5, 5.41) is 5.23. The number of unbranched alkanes of at least 4 members (excludes halogenated alkanes) is 1. The van der Waals surface area contributed by atoms with E-state index in [0.29, 0.717) is 13.2 Å². The van der Waals surface area contributed by atoms with Gasteiger partial charge in [-0.3, -0.25) is 14.9 Å². The molecule has 1 atom stereocenters. The molecule has 0 bridgehead atoms. The molecule has 0 aromatic carbocycles. The summed E-state index contributed by atoms with van der Waals surface area (Å²) in [5.41, 5.74) is 0. The normalized spacial score (nSPS) is 20.7. The summed E-state index contributed by atoms with van der Waals surface area (Å²) >= 11 is 0. The molecular formula is C10H18N2O3. The maximum atomic E-state index is 11.1. The Hall–Kier alpha value is -0.940. The van der Waals surface area contributed by atoms with E-state index < -0.39 is 0 Å². The first kappa shape index (κ1) is 12.1. The summed E-state index contributed by atoms with van der Waals surface area (Å²) in [6.07, 6.45) is 2.42. The second-order valence-corrected chi connectivity index (χ2v) is 3.59. The lowest BCUT2D eigenvalue weighted by atomic mass is 10.2. The van der Waals surface area contributed by atoms with E-state index in [1.54, 1.807) is 0 Å². The van der Waals surface area contributed by atoms with E-state index in [9.17, 15) is 9.59 Å². The van der Waals surface area contributed by atoms with Gasteiger partial charge in [-0.25, -0.2) is 0 Å². The number of nitrogens with one attached hydrogen (secondary N) is 2. The Kier molecular flexibility index (Phi) is 5.28. The second kappa shape index (κ2) is 6.53. The van der Waals surface area contributed by atoms with Crippen molar-refractivity contribution in [3.05, 3.63) is 0 Å². The highest BCUT2D eigenvalue weighted by Crippen LogP contribution is 2.00. The van der Waals surface area contributed by atoms with Gasteiger partial charge in [-0.05, 0) is 6.42 Å². The van der Waals surface area contributed by atoms with Crippen LogP contribution >= 0.6 is 0 Å². The lowest BCUT2D eigenvalue weighted by Gasteiger charge is -2.08. The molecule has 1 heterocycles. The van der Waals surface area contributed by atoms with Gasteiger partial charge in [0.05, 0.1) is 19.1 Å². The summed E-state index contributed by atoms with van der Waals surface area (Å²) < 4.78 is 5.32. The Morgan fingerprint density at radius 2 is 2.27 bits per heavy atom. The zero-order valence-electron chi connectivity index (χ0n) is 9.04. The lowest BCUT2D eigenvalue weighted by Crippen LogP contribution is -2.38. The van der Waals surface area contributed by atoms with Crippen LogP contribution in [0, 0.1) is 0 Å². The highest BCUT2D eigenvalue weighted by atomic mass is 16.5. The number of carbonyl (C=O) groups excluding carboxylic acids is 2. The van der Waals surface area contributed by atoms with Crippen molar-refractivity contribution in [2.24, 2.45) is 0 Å². The van der Waals surface area contributed by atoms with Gasteiger partial charge < -0.3 is 10.1 Å². The van der Waals surface area contributed by atoms with Crippen LogP contribution in [0.15, 0.2) is 0 Å². The molecule has 0 saturated carbocycles. The molecule has 1 rings (SSSR count). The third kappa shape index (κ3) is 4.40. The minimum Gasteiger partial charge on any atom is -0.380 e. The van der Waals surface area contributed by atoms with Gasteiger partial charge in [0.1, 0.15) is 0 Å². The van der Waals surface area contributed by atoms with E-state index >= 15 is 0 Å². The van der Waals surface area contributed by atoms with Crippen LogP contribution < -0.4 is 10.6 Å². The molecule has 2 N–H and O–H groups in total. The van der Waals surface area contributed by atoms with E-state index in [1.807, 2.05) is 0 Å². The van der Waals surface area contributed by atoms with Crippen LogP contribution in [0.25, 0.3) is 0 Å². The summed E-state index contributed by atoms with van der Waals surface area (Å²) in [6, 6.07) is -0.368. The fraction of sp³-hybridized carbons (Fsp3) is 0.800. The first-order valence-electron chi connectivity index (χ1n) is 5.39. The number of hydrogen-bond acceptors (Lipinski definition) is 4. The van der Waals surface area contributed by atoms with Gasteiger partial charge in [0.2, 0.25) is 11.8 Å². The molecule has 86 valence electrons. The average Bonchev–Trinajstić information content (AvgIpc) is 2.51. The molecule has 0 aromatic heterocycles. The van der Waals surface area contributed by atoms with Crippen molar-refractivity contribution in [3.63, 3.8) is 0 Å². The van der Waals surface area contributed by atoms with E-state index in [0.717, 1.165) is 19.4 Å². The molecule has 1 fully saturated rings. The first-order chi connectivity index (χ1) is 7.24. The van der Waals surface area contributed by atoms with Crippen molar-refractivity contribution in [1.29, 1.82) is 0 Å². The molecule has 1 aliphatic heterocycles. The van der Waals surface area contributed by atoms with Crippen LogP contribution in [-0.2, 0) is 14.3 Å². The zero-order chi connectivity index (χ0) is 11.1. The summed E-state index contributed by atoms with van der Waals surface area (Å²) in [7, 11) is 0. The Morgan fingerprint density at radius 1 is 1.47 bits per heavy atom. The number of rotatable bonds is 7. The van der Waals surface area contributed by atoms with E-state index in [-0.39, 0.29) is 24.3 Å². The van der Waals surface area contributed by atoms with Gasteiger partial charge in [0, 0.05) is 13.2 Å². The molecule has 0 spiro atoms. The largest absolute Gasteiger partial charge is 0.380 e. The average molecular weight is 214 g/mol. The third-order valence-electron chi connectivity index (χ3n) is 2.25. The lowest BCUT2D eigenvalue weighted by molar-refractivity contribution is -0.125. The third-order valence-corrected chi connectivity index (χ3v) is 2.25. The van der Waals surface area contributed by atoms with Crippen molar-refractivity contribution in [3.8, 4) is 0 Å². The van der Waals surface area contributed by atoms with Crippen LogP contribution in [0.4, 0.5) is 0 Å². The molecule has 5 nitrogen and oxygen atoms in total. The van der Waals surface area contributed by atoms with Gasteiger partial charge in [-0.1, -0.05) is 13.3 Å². The summed E-state index contributed by atoms with van der Waals surface area (Å²) in [5.74, 6) is -0.432.